The van der Waals surface area contributed by atoms with E-state index in [9.17, 15) is 0 Å². The van der Waals surface area contributed by atoms with Gasteiger partial charge in [-0.15, -0.1) is 5.10 Å². The van der Waals surface area contributed by atoms with E-state index in [1.807, 2.05) is 6.92 Å². The Morgan fingerprint density at radius 1 is 1.50 bits per heavy atom. The first-order valence-electron chi connectivity index (χ1n) is 2.90. The van der Waals surface area contributed by atoms with E-state index in [1.165, 1.54) is 0 Å². The third-order valence-corrected chi connectivity index (χ3v) is 1.38. The molecular formula is C6H5N3O. The normalized spacial score (nSPS) is 10.5. The van der Waals surface area contributed by atoms with Crippen molar-refractivity contribution in [3.8, 4) is 0 Å². The number of rotatable bonds is 0. The van der Waals surface area contributed by atoms with Gasteiger partial charge in [-0.25, -0.2) is 0 Å². The lowest BCUT2D eigenvalue weighted by Crippen LogP contribution is -1.83. The van der Waals surface area contributed by atoms with Crippen molar-refractivity contribution in [3.05, 3.63) is 18.0 Å². The second-order valence-corrected chi connectivity index (χ2v) is 2.08. The molecule has 0 bridgehead atoms. The van der Waals surface area contributed by atoms with Crippen molar-refractivity contribution in [3.63, 3.8) is 0 Å². The Morgan fingerprint density at radius 3 is 3.20 bits per heavy atom. The Labute approximate surface area is 56.9 Å². The first-order chi connectivity index (χ1) is 4.88. The van der Waals surface area contributed by atoms with Crippen LogP contribution in [0.5, 0.6) is 0 Å². The van der Waals surface area contributed by atoms with Crippen molar-refractivity contribution >= 4 is 11.0 Å². The van der Waals surface area contributed by atoms with E-state index in [4.69, 9.17) is 4.52 Å². The number of hydrogen-bond acceptors (Lipinski definition) is 4. The van der Waals surface area contributed by atoms with E-state index in [2.05, 4.69) is 15.4 Å². The van der Waals surface area contributed by atoms with Crippen molar-refractivity contribution in [1.29, 1.82) is 0 Å². The summed E-state index contributed by atoms with van der Waals surface area (Å²) in [6.45, 7) is 1.94. The van der Waals surface area contributed by atoms with Crippen LogP contribution in [-0.2, 0) is 0 Å². The Kier molecular flexibility index (Phi) is 0.943. The van der Waals surface area contributed by atoms with E-state index < -0.39 is 0 Å². The van der Waals surface area contributed by atoms with Crippen LogP contribution in [-0.4, -0.2) is 15.4 Å². The van der Waals surface area contributed by atoms with Gasteiger partial charge in [0, 0.05) is 0 Å². The summed E-state index contributed by atoms with van der Waals surface area (Å²) in [7, 11) is 0. The molecule has 2 rings (SSSR count). The van der Waals surface area contributed by atoms with Crippen LogP contribution in [0, 0.1) is 6.92 Å². The number of hydrogen-bond donors (Lipinski definition) is 0. The molecule has 2 aromatic heterocycles. The molecule has 0 aliphatic carbocycles. The van der Waals surface area contributed by atoms with Gasteiger partial charge in [0.05, 0.1) is 11.6 Å². The summed E-state index contributed by atoms with van der Waals surface area (Å²) in [6, 6.07) is 0. The Bertz CT molecular complexity index is 355. The quantitative estimate of drug-likeness (QED) is 0.539. The molecule has 0 aliphatic rings. The molecule has 4 nitrogen and oxygen atoms in total. The maximum absolute atomic E-state index is 4.69. The lowest BCUT2D eigenvalue weighted by molar-refractivity contribution is 0.426. The zero-order valence-corrected chi connectivity index (χ0v) is 5.40. The highest BCUT2D eigenvalue weighted by Gasteiger charge is 2.00. The summed E-state index contributed by atoms with van der Waals surface area (Å²) in [5.41, 5.74) is 1.60. The minimum Gasteiger partial charge on any atom is -0.362 e. The third kappa shape index (κ3) is 0.586. The summed E-state index contributed by atoms with van der Waals surface area (Å²) < 4.78 is 4.69. The van der Waals surface area contributed by atoms with Gasteiger partial charge >= 0.3 is 0 Å². The van der Waals surface area contributed by atoms with Gasteiger partial charge in [0.2, 0.25) is 5.65 Å². The number of aromatic nitrogens is 3. The van der Waals surface area contributed by atoms with Crippen LogP contribution < -0.4 is 0 Å². The van der Waals surface area contributed by atoms with Gasteiger partial charge in [0.15, 0.2) is 0 Å². The average Bonchev–Trinajstić information content (AvgIpc) is 2.36. The standard InChI is InChI=1S/C6H5N3O/c1-4-2-7-8-6-5(4)3-10-9-6/h2-3H,1H3. The second-order valence-electron chi connectivity index (χ2n) is 2.08. The van der Waals surface area contributed by atoms with Crippen molar-refractivity contribution in [2.75, 3.05) is 0 Å². The largest absolute Gasteiger partial charge is 0.362 e. The molecule has 0 radical (unpaired) electrons. The van der Waals surface area contributed by atoms with E-state index in [0.29, 0.717) is 5.65 Å². The topological polar surface area (TPSA) is 51.8 Å². The summed E-state index contributed by atoms with van der Waals surface area (Å²) in [6.07, 6.45) is 3.25. The summed E-state index contributed by atoms with van der Waals surface area (Å²) in [4.78, 5) is 0. The Morgan fingerprint density at radius 2 is 2.40 bits per heavy atom. The molecule has 0 spiro atoms. The van der Waals surface area contributed by atoms with Crippen LogP contribution in [0.15, 0.2) is 17.0 Å². The van der Waals surface area contributed by atoms with Gasteiger partial charge in [-0.3, -0.25) is 0 Å². The highest BCUT2D eigenvalue weighted by Crippen LogP contribution is 2.11. The molecule has 0 amide bonds. The SMILES string of the molecule is Cc1cnnc2nocc12. The maximum Gasteiger partial charge on any atom is 0.224 e. The van der Waals surface area contributed by atoms with Crippen molar-refractivity contribution in [1.82, 2.24) is 15.4 Å². The van der Waals surface area contributed by atoms with Crippen molar-refractivity contribution in [2.24, 2.45) is 0 Å². The number of aryl methyl sites for hydroxylation is 1. The molecule has 0 saturated heterocycles. The van der Waals surface area contributed by atoms with Gasteiger partial charge in [0.1, 0.15) is 6.26 Å². The fourth-order valence-corrected chi connectivity index (χ4v) is 0.812. The Balaban J connectivity index is 2.95. The zero-order chi connectivity index (χ0) is 6.97. The average molecular weight is 135 g/mol. The zero-order valence-electron chi connectivity index (χ0n) is 5.40. The molecule has 0 unspecified atom stereocenters. The van der Waals surface area contributed by atoms with Crippen molar-refractivity contribution in [2.45, 2.75) is 6.92 Å². The summed E-state index contributed by atoms with van der Waals surface area (Å²) >= 11 is 0. The Hall–Kier alpha value is -1.45. The highest BCUT2D eigenvalue weighted by atomic mass is 16.5. The van der Waals surface area contributed by atoms with Crippen LogP contribution in [0.3, 0.4) is 0 Å². The molecular weight excluding hydrogens is 130 g/mol. The van der Waals surface area contributed by atoms with Crippen molar-refractivity contribution < 1.29 is 4.52 Å². The van der Waals surface area contributed by atoms with Crippen LogP contribution in [0.4, 0.5) is 0 Å². The third-order valence-electron chi connectivity index (χ3n) is 1.38. The van der Waals surface area contributed by atoms with E-state index >= 15 is 0 Å². The predicted molar refractivity (Wildman–Crippen MR) is 34.3 cm³/mol. The molecule has 2 heterocycles. The highest BCUT2D eigenvalue weighted by molar-refractivity contribution is 5.75. The van der Waals surface area contributed by atoms with Crippen LogP contribution in [0.25, 0.3) is 11.0 Å². The summed E-state index contributed by atoms with van der Waals surface area (Å²) in [5.74, 6) is 0. The van der Waals surface area contributed by atoms with Crippen LogP contribution >= 0.6 is 0 Å². The van der Waals surface area contributed by atoms with E-state index in [1.54, 1.807) is 12.5 Å². The van der Waals surface area contributed by atoms with Gasteiger partial charge < -0.3 is 4.52 Å². The number of nitrogens with zero attached hydrogens (tertiary/aromatic N) is 3. The number of fused-ring (bicyclic) bond motifs is 1. The van der Waals surface area contributed by atoms with Gasteiger partial charge in [-0.2, -0.15) is 5.10 Å². The molecule has 10 heavy (non-hydrogen) atoms. The predicted octanol–water partition coefficient (Wildman–Crippen LogP) is 0.926. The maximum atomic E-state index is 4.69. The van der Waals surface area contributed by atoms with Gasteiger partial charge in [0.25, 0.3) is 0 Å². The van der Waals surface area contributed by atoms with Gasteiger partial charge in [-0.1, -0.05) is 5.16 Å². The lowest BCUT2D eigenvalue weighted by Gasteiger charge is -1.86. The molecule has 0 aliphatic heterocycles. The van der Waals surface area contributed by atoms with Crippen LogP contribution in [0.2, 0.25) is 0 Å². The molecule has 0 fully saturated rings. The summed E-state index contributed by atoms with van der Waals surface area (Å²) in [5, 5.41) is 12.0. The first kappa shape index (κ1) is 5.34. The van der Waals surface area contributed by atoms with Gasteiger partial charge in [-0.05, 0) is 12.5 Å². The van der Waals surface area contributed by atoms with E-state index in [0.717, 1.165) is 10.9 Å². The van der Waals surface area contributed by atoms with E-state index in [-0.39, 0.29) is 0 Å². The molecule has 0 aromatic carbocycles. The monoisotopic (exact) mass is 135 g/mol. The molecule has 4 heteroatoms. The molecule has 50 valence electrons. The molecule has 0 atom stereocenters. The molecule has 2 aromatic rings. The lowest BCUT2D eigenvalue weighted by atomic mass is 10.3. The minimum atomic E-state index is 0.569. The van der Waals surface area contributed by atoms with Crippen LogP contribution in [0.1, 0.15) is 5.56 Å². The molecule has 0 saturated carbocycles. The first-order valence-corrected chi connectivity index (χ1v) is 2.90. The fraction of sp³-hybridized carbons (Fsp3) is 0.167. The minimum absolute atomic E-state index is 0.569. The smallest absolute Gasteiger partial charge is 0.224 e. The second kappa shape index (κ2) is 1.76. The fourth-order valence-electron chi connectivity index (χ4n) is 0.812. The molecule has 0 N–H and O–H groups in total.